The number of hydrogen-bond donors (Lipinski definition) is 1. The Morgan fingerprint density at radius 1 is 0.969 bits per heavy atom. The molecule has 0 fully saturated rings. The second-order valence-electron chi connectivity index (χ2n) is 7.67. The SMILES string of the molecule is COc1ccc(NC(=O)N2Cc3ccccc3-n3cccc3[C@H]2c2ccc(Cl)cc2)cc1. The summed E-state index contributed by atoms with van der Waals surface area (Å²) in [5, 5.41) is 3.71. The van der Waals surface area contributed by atoms with Crippen LogP contribution in [-0.2, 0) is 6.54 Å². The van der Waals surface area contributed by atoms with Crippen LogP contribution in [0.3, 0.4) is 0 Å². The average Bonchev–Trinajstić information content (AvgIpc) is 3.25. The van der Waals surface area contributed by atoms with E-state index in [1.54, 1.807) is 7.11 Å². The molecule has 5 rings (SSSR count). The predicted molar refractivity (Wildman–Crippen MR) is 127 cm³/mol. The van der Waals surface area contributed by atoms with Gasteiger partial charge in [0.1, 0.15) is 5.75 Å². The van der Waals surface area contributed by atoms with E-state index in [1.807, 2.05) is 77.8 Å². The Morgan fingerprint density at radius 3 is 2.47 bits per heavy atom. The molecule has 32 heavy (non-hydrogen) atoms. The normalized spacial score (nSPS) is 14.8. The second-order valence-corrected chi connectivity index (χ2v) is 8.11. The number of ether oxygens (including phenoxy) is 1. The highest BCUT2D eigenvalue weighted by Crippen LogP contribution is 2.37. The van der Waals surface area contributed by atoms with Gasteiger partial charge in [-0.2, -0.15) is 0 Å². The molecule has 2 heterocycles. The predicted octanol–water partition coefficient (Wildman–Crippen LogP) is 6.28. The number of fused-ring (bicyclic) bond motifs is 3. The van der Waals surface area contributed by atoms with Gasteiger partial charge in [0.05, 0.1) is 25.4 Å². The molecule has 6 heteroatoms. The molecule has 0 aliphatic carbocycles. The number of urea groups is 1. The molecule has 4 aromatic rings. The number of aromatic nitrogens is 1. The summed E-state index contributed by atoms with van der Waals surface area (Å²) >= 11 is 6.16. The van der Waals surface area contributed by atoms with Crippen molar-refractivity contribution in [1.82, 2.24) is 9.47 Å². The van der Waals surface area contributed by atoms with Crippen molar-refractivity contribution in [3.8, 4) is 11.4 Å². The van der Waals surface area contributed by atoms with Crippen LogP contribution in [0.5, 0.6) is 5.75 Å². The number of carbonyl (C=O) groups excluding carboxylic acids is 1. The highest BCUT2D eigenvalue weighted by atomic mass is 35.5. The zero-order chi connectivity index (χ0) is 22.1. The molecule has 2 amide bonds. The molecule has 1 aromatic heterocycles. The topological polar surface area (TPSA) is 46.5 Å². The first-order valence-electron chi connectivity index (χ1n) is 10.4. The van der Waals surface area contributed by atoms with Gasteiger partial charge in [-0.3, -0.25) is 0 Å². The maximum Gasteiger partial charge on any atom is 0.322 e. The third-order valence-electron chi connectivity index (χ3n) is 5.75. The van der Waals surface area contributed by atoms with Gasteiger partial charge in [0.25, 0.3) is 0 Å². The summed E-state index contributed by atoms with van der Waals surface area (Å²) in [6, 6.07) is 26.8. The van der Waals surface area contributed by atoms with Crippen LogP contribution >= 0.6 is 11.6 Å². The molecule has 0 saturated carbocycles. The number of amides is 2. The van der Waals surface area contributed by atoms with Crippen molar-refractivity contribution in [2.45, 2.75) is 12.6 Å². The minimum absolute atomic E-state index is 0.181. The van der Waals surface area contributed by atoms with Gasteiger partial charge >= 0.3 is 6.03 Å². The Balaban J connectivity index is 1.59. The van der Waals surface area contributed by atoms with E-state index < -0.39 is 0 Å². The lowest BCUT2D eigenvalue weighted by Crippen LogP contribution is -2.37. The molecule has 1 atom stereocenters. The fourth-order valence-corrected chi connectivity index (χ4v) is 4.33. The number of nitrogens with zero attached hydrogens (tertiary/aromatic N) is 2. The molecule has 5 nitrogen and oxygen atoms in total. The summed E-state index contributed by atoms with van der Waals surface area (Å²) < 4.78 is 7.39. The lowest BCUT2D eigenvalue weighted by Gasteiger charge is -2.31. The van der Waals surface area contributed by atoms with Crippen LogP contribution < -0.4 is 10.1 Å². The first-order chi connectivity index (χ1) is 15.6. The highest BCUT2D eigenvalue weighted by Gasteiger charge is 2.33. The number of para-hydroxylation sites is 1. The Kier molecular flexibility index (Phi) is 5.33. The van der Waals surface area contributed by atoms with Crippen molar-refractivity contribution < 1.29 is 9.53 Å². The molecule has 1 N–H and O–H groups in total. The van der Waals surface area contributed by atoms with Crippen LogP contribution in [0.2, 0.25) is 5.02 Å². The zero-order valence-corrected chi connectivity index (χ0v) is 18.3. The number of anilines is 1. The molecule has 0 spiro atoms. The fraction of sp³-hybridized carbons (Fsp3) is 0.115. The standard InChI is InChI=1S/C26H22ClN3O2/c1-32-22-14-12-21(13-15-22)28-26(31)30-17-19-5-2-3-6-23(19)29-16-4-7-24(29)25(30)18-8-10-20(27)11-9-18/h2-16,25H,17H2,1H3,(H,28,31)/t25-/m1/s1. The van der Waals surface area contributed by atoms with Gasteiger partial charge in [0.15, 0.2) is 0 Å². The van der Waals surface area contributed by atoms with Gasteiger partial charge in [-0.05, 0) is 65.7 Å². The van der Waals surface area contributed by atoms with Crippen molar-refractivity contribution in [2.75, 3.05) is 12.4 Å². The molecule has 0 unspecified atom stereocenters. The monoisotopic (exact) mass is 443 g/mol. The van der Waals surface area contributed by atoms with Gasteiger partial charge in [-0.15, -0.1) is 0 Å². The third-order valence-corrected chi connectivity index (χ3v) is 6.00. The quantitative estimate of drug-likeness (QED) is 0.405. The van der Waals surface area contributed by atoms with Gasteiger partial charge in [0.2, 0.25) is 0 Å². The third kappa shape index (κ3) is 3.72. The summed E-state index contributed by atoms with van der Waals surface area (Å²) in [5.74, 6) is 0.739. The smallest absolute Gasteiger partial charge is 0.322 e. The lowest BCUT2D eigenvalue weighted by molar-refractivity contribution is 0.194. The van der Waals surface area contributed by atoms with E-state index >= 15 is 0 Å². The van der Waals surface area contributed by atoms with E-state index in [1.165, 1.54) is 0 Å². The number of halogens is 1. The fourth-order valence-electron chi connectivity index (χ4n) is 4.20. The largest absolute Gasteiger partial charge is 0.497 e. The van der Waals surface area contributed by atoms with Crippen molar-refractivity contribution in [2.24, 2.45) is 0 Å². The van der Waals surface area contributed by atoms with E-state index in [-0.39, 0.29) is 12.1 Å². The number of hydrogen-bond acceptors (Lipinski definition) is 2. The van der Waals surface area contributed by atoms with Gasteiger partial charge in [-0.25, -0.2) is 4.79 Å². The van der Waals surface area contributed by atoms with Crippen molar-refractivity contribution >= 4 is 23.3 Å². The number of rotatable bonds is 3. The van der Waals surface area contributed by atoms with Crippen molar-refractivity contribution in [1.29, 1.82) is 0 Å². The zero-order valence-electron chi connectivity index (χ0n) is 17.5. The van der Waals surface area contributed by atoms with Crippen LogP contribution in [-0.4, -0.2) is 22.6 Å². The first kappa shape index (κ1) is 20.2. The Labute approximate surface area is 191 Å². The van der Waals surface area contributed by atoms with E-state index in [0.717, 1.165) is 28.3 Å². The van der Waals surface area contributed by atoms with E-state index in [2.05, 4.69) is 28.1 Å². The van der Waals surface area contributed by atoms with Gasteiger partial charge in [0, 0.05) is 22.6 Å². The number of benzene rings is 3. The Bertz CT molecular complexity index is 1250. The minimum Gasteiger partial charge on any atom is -0.497 e. The van der Waals surface area contributed by atoms with Crippen LogP contribution in [0.1, 0.15) is 22.9 Å². The molecular formula is C26H22ClN3O2. The van der Waals surface area contributed by atoms with Crippen LogP contribution in [0.25, 0.3) is 5.69 Å². The summed E-state index contributed by atoms with van der Waals surface area (Å²) in [4.78, 5) is 15.5. The molecule has 0 radical (unpaired) electrons. The number of carbonyl (C=O) groups is 1. The van der Waals surface area contributed by atoms with Crippen LogP contribution in [0.15, 0.2) is 91.1 Å². The first-order valence-corrected chi connectivity index (χ1v) is 10.7. The van der Waals surface area contributed by atoms with E-state index in [0.29, 0.717) is 17.3 Å². The Morgan fingerprint density at radius 2 is 1.72 bits per heavy atom. The number of nitrogens with one attached hydrogen (secondary N) is 1. The average molecular weight is 444 g/mol. The van der Waals surface area contributed by atoms with E-state index in [4.69, 9.17) is 16.3 Å². The van der Waals surface area contributed by atoms with E-state index in [9.17, 15) is 4.79 Å². The molecule has 0 bridgehead atoms. The molecule has 3 aromatic carbocycles. The summed E-state index contributed by atoms with van der Waals surface area (Å²) in [6.45, 7) is 0.465. The van der Waals surface area contributed by atoms with Crippen molar-refractivity contribution in [3.63, 3.8) is 0 Å². The van der Waals surface area contributed by atoms with Gasteiger partial charge < -0.3 is 19.5 Å². The molecular weight excluding hydrogens is 422 g/mol. The Hall–Kier alpha value is -3.70. The van der Waals surface area contributed by atoms with Crippen LogP contribution in [0.4, 0.5) is 10.5 Å². The maximum absolute atomic E-state index is 13.6. The van der Waals surface area contributed by atoms with Crippen LogP contribution in [0, 0.1) is 0 Å². The summed E-state index contributed by atoms with van der Waals surface area (Å²) in [5.41, 5.74) is 4.87. The summed E-state index contributed by atoms with van der Waals surface area (Å²) in [7, 11) is 1.62. The lowest BCUT2D eigenvalue weighted by atomic mass is 10.0. The summed E-state index contributed by atoms with van der Waals surface area (Å²) in [6.07, 6.45) is 2.04. The molecule has 1 aliphatic rings. The number of methoxy groups -OCH3 is 1. The second kappa shape index (κ2) is 8.44. The molecule has 160 valence electrons. The molecule has 1 aliphatic heterocycles. The molecule has 0 saturated heterocycles. The van der Waals surface area contributed by atoms with Gasteiger partial charge in [-0.1, -0.05) is 41.9 Å². The highest BCUT2D eigenvalue weighted by molar-refractivity contribution is 6.30. The minimum atomic E-state index is -0.284. The maximum atomic E-state index is 13.6. The van der Waals surface area contributed by atoms with Crippen molar-refractivity contribution in [3.05, 3.63) is 113 Å².